The topological polar surface area (TPSA) is 32.8 Å². The van der Waals surface area contributed by atoms with Crippen molar-refractivity contribution < 1.29 is 13.9 Å². The highest BCUT2D eigenvalue weighted by molar-refractivity contribution is 5.77. The molecule has 4 nitrogen and oxygen atoms in total. The minimum absolute atomic E-state index is 0.0864. The summed E-state index contributed by atoms with van der Waals surface area (Å²) in [5.74, 6) is 0.979. The monoisotopic (exact) mass is 346 g/mol. The number of nitrogens with zero attached hydrogens (tertiary/aromatic N) is 2. The van der Waals surface area contributed by atoms with Gasteiger partial charge in [0, 0.05) is 31.3 Å². The zero-order valence-electron chi connectivity index (χ0n) is 15.1. The van der Waals surface area contributed by atoms with Crippen LogP contribution in [0.15, 0.2) is 24.3 Å². The van der Waals surface area contributed by atoms with Crippen molar-refractivity contribution in [2.75, 3.05) is 33.7 Å². The fourth-order valence-electron chi connectivity index (χ4n) is 5.11. The van der Waals surface area contributed by atoms with Crippen LogP contribution in [0.25, 0.3) is 0 Å². The van der Waals surface area contributed by atoms with Crippen molar-refractivity contribution in [2.45, 2.75) is 37.4 Å². The molecule has 3 aliphatic rings. The van der Waals surface area contributed by atoms with Crippen LogP contribution in [0.3, 0.4) is 0 Å². The molecule has 3 saturated heterocycles. The van der Waals surface area contributed by atoms with E-state index in [-0.39, 0.29) is 17.3 Å². The molecule has 1 amide bonds. The SMILES string of the molecule is CN(C)C[C@H]1[C@H]2CN(C(=O)CCc3ccc(F)cc3)C[C@]23CC[C@H]1O3. The third-order valence-corrected chi connectivity index (χ3v) is 6.25. The van der Waals surface area contributed by atoms with E-state index < -0.39 is 0 Å². The Kier molecular flexibility index (Phi) is 4.32. The number of ether oxygens (including phenoxy) is 1. The molecule has 25 heavy (non-hydrogen) atoms. The maximum atomic E-state index is 13.0. The van der Waals surface area contributed by atoms with Gasteiger partial charge in [-0.25, -0.2) is 4.39 Å². The van der Waals surface area contributed by atoms with Gasteiger partial charge in [0.25, 0.3) is 0 Å². The van der Waals surface area contributed by atoms with E-state index in [1.807, 2.05) is 4.90 Å². The number of hydrogen-bond acceptors (Lipinski definition) is 3. The second kappa shape index (κ2) is 6.36. The lowest BCUT2D eigenvalue weighted by atomic mass is 9.73. The Balaban J connectivity index is 1.38. The zero-order chi connectivity index (χ0) is 17.6. The first-order valence-electron chi connectivity index (χ1n) is 9.32. The predicted molar refractivity (Wildman–Crippen MR) is 93.7 cm³/mol. The number of amides is 1. The molecule has 136 valence electrons. The summed E-state index contributed by atoms with van der Waals surface area (Å²) in [6.45, 7) is 2.62. The third-order valence-electron chi connectivity index (χ3n) is 6.25. The lowest BCUT2D eigenvalue weighted by molar-refractivity contribution is -0.131. The first kappa shape index (κ1) is 17.0. The molecule has 0 aliphatic carbocycles. The van der Waals surface area contributed by atoms with Crippen LogP contribution in [0, 0.1) is 17.7 Å². The average Bonchev–Trinajstić information content (AvgIpc) is 3.23. The number of rotatable bonds is 5. The maximum absolute atomic E-state index is 13.0. The molecule has 1 spiro atoms. The zero-order valence-corrected chi connectivity index (χ0v) is 15.1. The summed E-state index contributed by atoms with van der Waals surface area (Å²) in [6, 6.07) is 6.43. The molecule has 5 heteroatoms. The highest BCUT2D eigenvalue weighted by atomic mass is 19.1. The van der Waals surface area contributed by atoms with E-state index in [9.17, 15) is 9.18 Å². The molecular formula is C20H27FN2O2. The number of benzene rings is 1. The lowest BCUT2D eigenvalue weighted by Gasteiger charge is -2.30. The second-order valence-corrected chi connectivity index (χ2v) is 8.19. The first-order valence-corrected chi connectivity index (χ1v) is 9.32. The molecule has 0 saturated carbocycles. The van der Waals surface area contributed by atoms with Crippen molar-refractivity contribution in [3.8, 4) is 0 Å². The molecule has 0 radical (unpaired) electrons. The van der Waals surface area contributed by atoms with Crippen molar-refractivity contribution in [1.82, 2.24) is 9.80 Å². The standard InChI is InChI=1S/C20H27FN2O2/c1-22(2)11-16-17-12-23(13-20(17)10-9-18(16)25-20)19(24)8-5-14-3-6-15(21)7-4-14/h3-4,6-7,16-18H,5,8-13H2,1-2H3/t16-,17+,18+,20+/m0/s1. The Hall–Kier alpha value is -1.46. The van der Waals surface area contributed by atoms with E-state index in [4.69, 9.17) is 4.74 Å². The fourth-order valence-corrected chi connectivity index (χ4v) is 5.11. The largest absolute Gasteiger partial charge is 0.369 e. The smallest absolute Gasteiger partial charge is 0.223 e. The molecule has 3 aliphatic heterocycles. The highest BCUT2D eigenvalue weighted by Gasteiger charge is 2.63. The van der Waals surface area contributed by atoms with E-state index >= 15 is 0 Å². The minimum atomic E-state index is -0.235. The molecule has 3 fully saturated rings. The highest BCUT2D eigenvalue weighted by Crippen LogP contribution is 2.54. The summed E-state index contributed by atoms with van der Waals surface area (Å²) >= 11 is 0. The van der Waals surface area contributed by atoms with Gasteiger partial charge in [0.05, 0.1) is 18.2 Å². The van der Waals surface area contributed by atoms with Crippen molar-refractivity contribution in [3.05, 3.63) is 35.6 Å². The van der Waals surface area contributed by atoms with E-state index in [2.05, 4.69) is 19.0 Å². The van der Waals surface area contributed by atoms with Gasteiger partial charge < -0.3 is 14.5 Å². The van der Waals surface area contributed by atoms with E-state index in [1.165, 1.54) is 12.1 Å². The quantitative estimate of drug-likeness (QED) is 0.820. The van der Waals surface area contributed by atoms with Crippen LogP contribution in [0.5, 0.6) is 0 Å². The molecule has 4 atom stereocenters. The van der Waals surface area contributed by atoms with Gasteiger partial charge in [-0.3, -0.25) is 4.79 Å². The van der Waals surface area contributed by atoms with E-state index in [1.54, 1.807) is 12.1 Å². The van der Waals surface area contributed by atoms with Crippen LogP contribution < -0.4 is 0 Å². The maximum Gasteiger partial charge on any atom is 0.223 e. The molecule has 3 heterocycles. The molecule has 2 bridgehead atoms. The van der Waals surface area contributed by atoms with Gasteiger partial charge in [0.15, 0.2) is 0 Å². The van der Waals surface area contributed by atoms with Crippen LogP contribution >= 0.6 is 0 Å². The number of carbonyl (C=O) groups excluding carboxylic acids is 1. The van der Waals surface area contributed by atoms with Gasteiger partial charge in [-0.15, -0.1) is 0 Å². The van der Waals surface area contributed by atoms with Crippen LogP contribution in [0.1, 0.15) is 24.8 Å². The Morgan fingerprint density at radius 2 is 2.12 bits per heavy atom. The molecule has 0 aromatic heterocycles. The van der Waals surface area contributed by atoms with Crippen molar-refractivity contribution in [1.29, 1.82) is 0 Å². The first-order chi connectivity index (χ1) is 12.0. The number of fused-ring (bicyclic) bond motifs is 1. The Morgan fingerprint density at radius 1 is 1.36 bits per heavy atom. The van der Waals surface area contributed by atoms with Crippen molar-refractivity contribution in [3.63, 3.8) is 0 Å². The second-order valence-electron chi connectivity index (χ2n) is 8.19. The molecular weight excluding hydrogens is 319 g/mol. The number of likely N-dealkylation sites (tertiary alicyclic amines) is 1. The number of carbonyl (C=O) groups is 1. The van der Waals surface area contributed by atoms with Gasteiger partial charge >= 0.3 is 0 Å². The Labute approximate surface area is 148 Å². The van der Waals surface area contributed by atoms with Crippen molar-refractivity contribution in [2.24, 2.45) is 11.8 Å². The molecule has 0 N–H and O–H groups in total. The van der Waals surface area contributed by atoms with E-state index in [0.29, 0.717) is 30.8 Å². The fraction of sp³-hybridized carbons (Fsp3) is 0.650. The van der Waals surface area contributed by atoms with Crippen LogP contribution in [0.4, 0.5) is 4.39 Å². The predicted octanol–water partition coefficient (Wildman–Crippen LogP) is 2.33. The molecule has 1 aromatic carbocycles. The van der Waals surface area contributed by atoms with Crippen LogP contribution in [-0.4, -0.2) is 61.1 Å². The van der Waals surface area contributed by atoms with Crippen molar-refractivity contribution >= 4 is 5.91 Å². The summed E-state index contributed by atoms with van der Waals surface area (Å²) in [4.78, 5) is 17.0. The van der Waals surface area contributed by atoms with Gasteiger partial charge in [0.1, 0.15) is 5.82 Å². The third kappa shape index (κ3) is 3.08. The van der Waals surface area contributed by atoms with Gasteiger partial charge in [-0.1, -0.05) is 12.1 Å². The lowest BCUT2D eigenvalue weighted by Crippen LogP contribution is -2.40. The van der Waals surface area contributed by atoms with E-state index in [0.717, 1.165) is 38.0 Å². The summed E-state index contributed by atoms with van der Waals surface area (Å²) < 4.78 is 19.4. The minimum Gasteiger partial charge on any atom is -0.369 e. The number of aryl methyl sites for hydroxylation is 1. The summed E-state index contributed by atoms with van der Waals surface area (Å²) in [6.07, 6.45) is 3.75. The molecule has 0 unspecified atom stereocenters. The number of hydrogen-bond donors (Lipinski definition) is 0. The summed E-state index contributed by atoms with van der Waals surface area (Å²) in [5.41, 5.74) is 0.923. The van der Waals surface area contributed by atoms with Gasteiger partial charge in [-0.2, -0.15) is 0 Å². The summed E-state index contributed by atoms with van der Waals surface area (Å²) in [5, 5.41) is 0. The van der Waals surface area contributed by atoms with Crippen LogP contribution in [-0.2, 0) is 16.0 Å². The van der Waals surface area contributed by atoms with Gasteiger partial charge in [-0.05, 0) is 51.1 Å². The van der Waals surface area contributed by atoms with Crippen LogP contribution in [0.2, 0.25) is 0 Å². The molecule has 1 aromatic rings. The average molecular weight is 346 g/mol. The van der Waals surface area contributed by atoms with Gasteiger partial charge in [0.2, 0.25) is 5.91 Å². The normalized spacial score (nSPS) is 33.3. The Morgan fingerprint density at radius 3 is 2.84 bits per heavy atom. The molecule has 4 rings (SSSR count). The Bertz CT molecular complexity index is 648. The number of halogens is 1. The summed E-state index contributed by atoms with van der Waals surface area (Å²) in [7, 11) is 4.22.